The van der Waals surface area contributed by atoms with Gasteiger partial charge in [-0.15, -0.1) is 0 Å². The molecular formula is C30H49N3O6. The standard InChI is InChI=1S/C30H49N3O6/c1-9-21(2)20-24(32-28(38)39-29(3,4)5)27(37)31-23-12-10-22(11-13-23)16-19-33(8)25(34)14-17-30(6,7)18-15-26(35)36/h10-13,21,24H,9,14-20H2,1-8H3,(H,31,37)(H,32,38)(H,35,36)/t21?,24-/m0/s1. The van der Waals surface area contributed by atoms with Gasteiger partial charge in [0.2, 0.25) is 11.8 Å². The predicted molar refractivity (Wildman–Crippen MR) is 154 cm³/mol. The molecule has 1 unspecified atom stereocenters. The minimum absolute atomic E-state index is 0.0344. The number of likely N-dealkylation sites (N-methyl/N-ethyl adjacent to an activating group) is 1. The van der Waals surface area contributed by atoms with Gasteiger partial charge in [0.15, 0.2) is 0 Å². The van der Waals surface area contributed by atoms with Crippen LogP contribution in [-0.4, -0.2) is 59.1 Å². The van der Waals surface area contributed by atoms with E-state index in [-0.39, 0.29) is 29.6 Å². The van der Waals surface area contributed by atoms with Crippen LogP contribution in [-0.2, 0) is 25.5 Å². The number of hydrogen-bond acceptors (Lipinski definition) is 5. The fourth-order valence-electron chi connectivity index (χ4n) is 3.86. The molecule has 1 rings (SSSR count). The highest BCUT2D eigenvalue weighted by Gasteiger charge is 2.26. The number of carboxylic acids is 1. The number of carbonyl (C=O) groups is 4. The van der Waals surface area contributed by atoms with Crippen molar-refractivity contribution in [2.75, 3.05) is 18.9 Å². The van der Waals surface area contributed by atoms with E-state index in [4.69, 9.17) is 9.84 Å². The van der Waals surface area contributed by atoms with Gasteiger partial charge < -0.3 is 25.4 Å². The zero-order chi connectivity index (χ0) is 29.8. The topological polar surface area (TPSA) is 125 Å². The van der Waals surface area contributed by atoms with E-state index in [0.717, 1.165) is 12.0 Å². The Hall–Kier alpha value is -3.10. The Bertz CT molecular complexity index is 952. The van der Waals surface area contributed by atoms with Crippen LogP contribution in [0.4, 0.5) is 10.5 Å². The van der Waals surface area contributed by atoms with E-state index in [1.165, 1.54) is 0 Å². The molecule has 2 atom stereocenters. The van der Waals surface area contributed by atoms with Gasteiger partial charge in [0.25, 0.3) is 0 Å². The molecule has 0 fully saturated rings. The van der Waals surface area contributed by atoms with Crippen molar-refractivity contribution in [3.63, 3.8) is 0 Å². The average Bonchev–Trinajstić information content (AvgIpc) is 2.83. The van der Waals surface area contributed by atoms with Gasteiger partial charge in [0.05, 0.1) is 0 Å². The molecule has 0 aromatic heterocycles. The van der Waals surface area contributed by atoms with Crippen LogP contribution in [0, 0.1) is 11.3 Å². The summed E-state index contributed by atoms with van der Waals surface area (Å²) >= 11 is 0. The number of nitrogens with zero attached hydrogens (tertiary/aromatic N) is 1. The van der Waals surface area contributed by atoms with Crippen LogP contribution in [0.25, 0.3) is 0 Å². The van der Waals surface area contributed by atoms with Crippen LogP contribution in [0.5, 0.6) is 0 Å². The van der Waals surface area contributed by atoms with E-state index in [1.54, 1.807) is 32.7 Å². The molecule has 1 aromatic rings. The normalized spacial score (nSPS) is 13.2. The minimum atomic E-state index is -0.819. The van der Waals surface area contributed by atoms with Crippen molar-refractivity contribution in [2.24, 2.45) is 11.3 Å². The summed E-state index contributed by atoms with van der Waals surface area (Å²) < 4.78 is 5.33. The molecule has 3 amide bonds. The maximum atomic E-state index is 13.0. The molecule has 3 N–H and O–H groups in total. The number of hydrogen-bond donors (Lipinski definition) is 3. The van der Waals surface area contributed by atoms with Gasteiger partial charge >= 0.3 is 12.1 Å². The number of carboxylic acid groups (broad SMARTS) is 1. The van der Waals surface area contributed by atoms with Gasteiger partial charge in [0, 0.05) is 32.1 Å². The van der Waals surface area contributed by atoms with E-state index >= 15 is 0 Å². The summed E-state index contributed by atoms with van der Waals surface area (Å²) in [6.07, 6.45) is 3.08. The van der Waals surface area contributed by atoms with E-state index in [2.05, 4.69) is 10.6 Å². The smallest absolute Gasteiger partial charge is 0.408 e. The maximum Gasteiger partial charge on any atom is 0.408 e. The van der Waals surface area contributed by atoms with Gasteiger partial charge in [-0.3, -0.25) is 14.4 Å². The summed E-state index contributed by atoms with van der Waals surface area (Å²) in [4.78, 5) is 50.4. The zero-order valence-electron chi connectivity index (χ0n) is 25.1. The molecule has 0 saturated carbocycles. The Morgan fingerprint density at radius 2 is 1.59 bits per heavy atom. The lowest BCUT2D eigenvalue weighted by Gasteiger charge is -2.25. The molecule has 220 valence electrons. The van der Waals surface area contributed by atoms with Crippen molar-refractivity contribution < 1.29 is 29.0 Å². The van der Waals surface area contributed by atoms with Gasteiger partial charge in [-0.25, -0.2) is 4.79 Å². The van der Waals surface area contributed by atoms with E-state index < -0.39 is 23.7 Å². The largest absolute Gasteiger partial charge is 0.481 e. The first-order valence-corrected chi connectivity index (χ1v) is 13.9. The quantitative estimate of drug-likeness (QED) is 0.261. The zero-order valence-corrected chi connectivity index (χ0v) is 25.1. The number of anilines is 1. The highest BCUT2D eigenvalue weighted by Crippen LogP contribution is 2.28. The molecule has 0 radical (unpaired) electrons. The number of alkyl carbamates (subject to hydrolysis) is 1. The maximum absolute atomic E-state index is 13.0. The predicted octanol–water partition coefficient (Wildman–Crippen LogP) is 5.63. The fraction of sp³-hybridized carbons (Fsp3) is 0.667. The lowest BCUT2D eigenvalue weighted by atomic mass is 9.83. The lowest BCUT2D eigenvalue weighted by Crippen LogP contribution is -2.46. The Morgan fingerprint density at radius 3 is 2.13 bits per heavy atom. The van der Waals surface area contributed by atoms with Crippen LogP contribution in [0.1, 0.15) is 92.6 Å². The number of benzene rings is 1. The molecule has 0 heterocycles. The van der Waals surface area contributed by atoms with E-state index in [9.17, 15) is 19.2 Å². The molecule has 9 nitrogen and oxygen atoms in total. The third kappa shape index (κ3) is 14.6. The van der Waals surface area contributed by atoms with Crippen molar-refractivity contribution >= 4 is 29.6 Å². The van der Waals surface area contributed by atoms with Crippen molar-refractivity contribution in [1.29, 1.82) is 0 Å². The molecule has 9 heteroatoms. The third-order valence-electron chi connectivity index (χ3n) is 6.76. The number of rotatable bonds is 15. The number of amides is 3. The van der Waals surface area contributed by atoms with Gasteiger partial charge in [-0.2, -0.15) is 0 Å². The van der Waals surface area contributed by atoms with Crippen molar-refractivity contribution in [2.45, 2.75) is 105 Å². The average molecular weight is 548 g/mol. The Kier molecular flexibility index (Phi) is 13.5. The summed E-state index contributed by atoms with van der Waals surface area (Å²) in [5.74, 6) is -0.841. The molecule has 0 spiro atoms. The van der Waals surface area contributed by atoms with Crippen molar-refractivity contribution in [3.05, 3.63) is 29.8 Å². The Balaban J connectivity index is 2.64. The molecule has 0 saturated heterocycles. The second kappa shape index (κ2) is 15.5. The van der Waals surface area contributed by atoms with Crippen LogP contribution in [0.3, 0.4) is 0 Å². The molecular weight excluding hydrogens is 498 g/mol. The first-order valence-electron chi connectivity index (χ1n) is 13.9. The first kappa shape index (κ1) is 33.9. The fourth-order valence-corrected chi connectivity index (χ4v) is 3.86. The lowest BCUT2D eigenvalue weighted by molar-refractivity contribution is -0.137. The highest BCUT2D eigenvalue weighted by atomic mass is 16.6. The second-order valence-corrected chi connectivity index (χ2v) is 12.3. The van der Waals surface area contributed by atoms with Crippen molar-refractivity contribution in [3.8, 4) is 0 Å². The highest BCUT2D eigenvalue weighted by molar-refractivity contribution is 5.96. The SMILES string of the molecule is CCC(C)C[C@H](NC(=O)OC(C)(C)C)C(=O)Nc1ccc(CCN(C)C(=O)CCC(C)(C)CCC(=O)O)cc1. The second-order valence-electron chi connectivity index (χ2n) is 12.3. The summed E-state index contributed by atoms with van der Waals surface area (Å²) in [5, 5.41) is 14.5. The van der Waals surface area contributed by atoms with Gasteiger partial charge in [0.1, 0.15) is 11.6 Å². The van der Waals surface area contributed by atoms with Crippen LogP contribution < -0.4 is 10.6 Å². The van der Waals surface area contributed by atoms with Crippen LogP contribution >= 0.6 is 0 Å². The number of aliphatic carboxylic acids is 1. The molecule has 0 aliphatic rings. The Morgan fingerprint density at radius 1 is 1.00 bits per heavy atom. The third-order valence-corrected chi connectivity index (χ3v) is 6.76. The first-order chi connectivity index (χ1) is 18.0. The number of nitrogens with one attached hydrogen (secondary N) is 2. The summed E-state index contributed by atoms with van der Waals surface area (Å²) in [6.45, 7) is 13.9. The molecule has 0 aliphatic heterocycles. The van der Waals surface area contributed by atoms with E-state index in [0.29, 0.717) is 44.3 Å². The van der Waals surface area contributed by atoms with Crippen LogP contribution in [0.2, 0.25) is 0 Å². The molecule has 39 heavy (non-hydrogen) atoms. The number of ether oxygens (including phenoxy) is 1. The van der Waals surface area contributed by atoms with Gasteiger partial charge in [-0.1, -0.05) is 46.2 Å². The molecule has 0 aliphatic carbocycles. The monoisotopic (exact) mass is 547 g/mol. The number of carbonyl (C=O) groups excluding carboxylic acids is 3. The Labute approximate surface area is 234 Å². The minimum Gasteiger partial charge on any atom is -0.481 e. The molecule has 1 aromatic carbocycles. The summed E-state index contributed by atoms with van der Waals surface area (Å²) in [7, 11) is 1.77. The summed E-state index contributed by atoms with van der Waals surface area (Å²) in [6, 6.07) is 6.73. The molecule has 0 bridgehead atoms. The van der Waals surface area contributed by atoms with Gasteiger partial charge in [-0.05, 0) is 75.5 Å². The van der Waals surface area contributed by atoms with Crippen LogP contribution in [0.15, 0.2) is 24.3 Å². The van der Waals surface area contributed by atoms with E-state index in [1.807, 2.05) is 52.0 Å². The summed E-state index contributed by atoms with van der Waals surface area (Å²) in [5.41, 5.74) is 0.786. The van der Waals surface area contributed by atoms with Crippen molar-refractivity contribution in [1.82, 2.24) is 10.2 Å².